The summed E-state index contributed by atoms with van der Waals surface area (Å²) in [5.74, 6) is 0.00558. The number of amides is 1. The van der Waals surface area contributed by atoms with Crippen LogP contribution in [0.3, 0.4) is 0 Å². The smallest absolute Gasteiger partial charge is 0.236 e. The molecule has 1 aromatic rings. The van der Waals surface area contributed by atoms with E-state index in [0.717, 1.165) is 17.0 Å². The first-order valence-electron chi connectivity index (χ1n) is 6.65. The third-order valence-corrected chi connectivity index (χ3v) is 3.58. The molecule has 2 aliphatic rings. The van der Waals surface area contributed by atoms with E-state index in [9.17, 15) is 4.79 Å². The standard InChI is InChI=1S/C14H17N5O/c1-9-6-18-11(8-17-9)13(5-15)19-12-2-3-16-7-10(12)4-14(19)20/h2-3,5,7,9,17H,4,6,8,15H2,1H3/t9-/m0/s1. The molecule has 3 heterocycles. The van der Waals surface area contributed by atoms with Crippen molar-refractivity contribution in [2.45, 2.75) is 19.4 Å². The summed E-state index contributed by atoms with van der Waals surface area (Å²) >= 11 is 0. The predicted octanol–water partition coefficient (Wildman–Crippen LogP) is 0.203. The highest BCUT2D eigenvalue weighted by atomic mass is 16.2. The Labute approximate surface area is 117 Å². The molecule has 3 N–H and O–H groups in total. The number of carbonyl (C=O) groups excluding carboxylic acids is 1. The topological polar surface area (TPSA) is 83.6 Å². The molecule has 0 fully saturated rings. The highest BCUT2D eigenvalue weighted by Crippen LogP contribution is 2.31. The molecule has 0 aliphatic carbocycles. The summed E-state index contributed by atoms with van der Waals surface area (Å²) in [6.45, 7) is 3.39. The van der Waals surface area contributed by atoms with E-state index < -0.39 is 0 Å². The van der Waals surface area contributed by atoms with Gasteiger partial charge in [-0.15, -0.1) is 0 Å². The van der Waals surface area contributed by atoms with Crippen molar-refractivity contribution in [1.82, 2.24) is 10.3 Å². The first-order chi connectivity index (χ1) is 9.70. The molecule has 0 spiro atoms. The van der Waals surface area contributed by atoms with Crippen LogP contribution in [0.15, 0.2) is 35.3 Å². The van der Waals surface area contributed by atoms with Gasteiger partial charge in [-0.25, -0.2) is 0 Å². The first-order valence-corrected chi connectivity index (χ1v) is 6.65. The van der Waals surface area contributed by atoms with Crippen LogP contribution in [0.2, 0.25) is 0 Å². The molecule has 1 amide bonds. The van der Waals surface area contributed by atoms with E-state index >= 15 is 0 Å². The van der Waals surface area contributed by atoms with Gasteiger partial charge in [0.15, 0.2) is 0 Å². The Hall–Kier alpha value is -2.21. The van der Waals surface area contributed by atoms with Crippen LogP contribution >= 0.6 is 0 Å². The minimum absolute atomic E-state index is 0.00558. The average molecular weight is 271 g/mol. The molecule has 0 saturated carbocycles. The van der Waals surface area contributed by atoms with Gasteiger partial charge in [-0.05, 0) is 13.0 Å². The van der Waals surface area contributed by atoms with Gasteiger partial charge in [0.1, 0.15) is 0 Å². The van der Waals surface area contributed by atoms with Crippen LogP contribution in [0.1, 0.15) is 12.5 Å². The molecule has 6 nitrogen and oxygen atoms in total. The summed E-state index contributed by atoms with van der Waals surface area (Å²) < 4.78 is 0. The van der Waals surface area contributed by atoms with Gasteiger partial charge in [-0.1, -0.05) is 0 Å². The number of aliphatic imine (C=N–C) groups is 1. The molecule has 0 unspecified atom stereocenters. The van der Waals surface area contributed by atoms with E-state index in [2.05, 4.69) is 22.2 Å². The Balaban J connectivity index is 1.97. The van der Waals surface area contributed by atoms with Gasteiger partial charge in [0, 0.05) is 36.7 Å². The van der Waals surface area contributed by atoms with Gasteiger partial charge in [0.05, 0.1) is 30.1 Å². The Kier molecular flexibility index (Phi) is 3.23. The first kappa shape index (κ1) is 12.8. The molecular formula is C14H17N5O. The highest BCUT2D eigenvalue weighted by Gasteiger charge is 2.32. The fourth-order valence-electron chi connectivity index (χ4n) is 2.52. The monoisotopic (exact) mass is 271 g/mol. The summed E-state index contributed by atoms with van der Waals surface area (Å²) in [6.07, 6.45) is 5.23. The largest absolute Gasteiger partial charge is 0.403 e. The van der Waals surface area contributed by atoms with E-state index in [1.165, 1.54) is 6.20 Å². The second kappa shape index (κ2) is 5.05. The lowest BCUT2D eigenvalue weighted by Crippen LogP contribution is -2.43. The van der Waals surface area contributed by atoms with E-state index in [-0.39, 0.29) is 5.91 Å². The number of nitrogens with two attached hydrogens (primary N) is 1. The maximum atomic E-state index is 12.3. The molecule has 1 aromatic heterocycles. The molecule has 3 rings (SSSR count). The van der Waals surface area contributed by atoms with Crippen molar-refractivity contribution in [3.05, 3.63) is 35.9 Å². The number of pyridine rings is 1. The fourth-order valence-corrected chi connectivity index (χ4v) is 2.52. The van der Waals surface area contributed by atoms with E-state index in [0.29, 0.717) is 31.2 Å². The number of aromatic nitrogens is 1. The Morgan fingerprint density at radius 2 is 2.45 bits per heavy atom. The second-order valence-electron chi connectivity index (χ2n) is 5.03. The fraction of sp³-hybridized carbons (Fsp3) is 0.357. The van der Waals surface area contributed by atoms with Crippen molar-refractivity contribution < 1.29 is 4.79 Å². The Morgan fingerprint density at radius 1 is 1.60 bits per heavy atom. The van der Waals surface area contributed by atoms with E-state index in [1.807, 2.05) is 6.07 Å². The van der Waals surface area contributed by atoms with Crippen molar-refractivity contribution >= 4 is 17.3 Å². The van der Waals surface area contributed by atoms with Gasteiger partial charge < -0.3 is 11.1 Å². The zero-order valence-corrected chi connectivity index (χ0v) is 11.3. The molecule has 6 heteroatoms. The summed E-state index contributed by atoms with van der Waals surface area (Å²) in [7, 11) is 0. The number of fused-ring (bicyclic) bond motifs is 1. The number of hydrogen-bond acceptors (Lipinski definition) is 5. The van der Waals surface area contributed by atoms with Crippen LogP contribution in [-0.4, -0.2) is 35.7 Å². The summed E-state index contributed by atoms with van der Waals surface area (Å²) in [5.41, 5.74) is 9.02. The number of nitrogens with one attached hydrogen (secondary N) is 1. The molecule has 0 bridgehead atoms. The number of carbonyl (C=O) groups is 1. The lowest BCUT2D eigenvalue weighted by atomic mass is 10.1. The molecule has 1 atom stereocenters. The number of nitrogens with zero attached hydrogens (tertiary/aromatic N) is 3. The van der Waals surface area contributed by atoms with Crippen molar-refractivity contribution in [2.75, 3.05) is 18.0 Å². The molecule has 104 valence electrons. The third kappa shape index (κ3) is 2.08. The molecule has 2 aliphatic heterocycles. The van der Waals surface area contributed by atoms with Crippen molar-refractivity contribution in [3.8, 4) is 0 Å². The maximum absolute atomic E-state index is 12.3. The lowest BCUT2D eigenvalue weighted by Gasteiger charge is -2.26. The zero-order valence-electron chi connectivity index (χ0n) is 11.3. The van der Waals surface area contributed by atoms with Crippen LogP contribution in [0.4, 0.5) is 5.69 Å². The van der Waals surface area contributed by atoms with Crippen molar-refractivity contribution in [3.63, 3.8) is 0 Å². The normalized spacial score (nSPS) is 22.8. The maximum Gasteiger partial charge on any atom is 0.236 e. The molecule has 20 heavy (non-hydrogen) atoms. The SMILES string of the molecule is C[C@H]1CN=C(C(=CN)N2C(=O)Cc3cnccc32)CN1. The zero-order chi connectivity index (χ0) is 14.1. The van der Waals surface area contributed by atoms with Gasteiger partial charge in [0.25, 0.3) is 0 Å². The Morgan fingerprint density at radius 3 is 3.15 bits per heavy atom. The van der Waals surface area contributed by atoms with Crippen LogP contribution in [0, 0.1) is 0 Å². The predicted molar refractivity (Wildman–Crippen MR) is 77.5 cm³/mol. The van der Waals surface area contributed by atoms with E-state index in [4.69, 9.17) is 5.73 Å². The van der Waals surface area contributed by atoms with Crippen LogP contribution in [0.25, 0.3) is 0 Å². The summed E-state index contributed by atoms with van der Waals surface area (Å²) in [6, 6.07) is 2.19. The van der Waals surface area contributed by atoms with Crippen LogP contribution in [0.5, 0.6) is 0 Å². The summed E-state index contributed by atoms with van der Waals surface area (Å²) in [5, 5.41) is 3.33. The van der Waals surface area contributed by atoms with Crippen molar-refractivity contribution in [2.24, 2.45) is 10.7 Å². The Bertz CT molecular complexity index is 607. The lowest BCUT2D eigenvalue weighted by molar-refractivity contribution is -0.116. The third-order valence-electron chi connectivity index (χ3n) is 3.58. The molecule has 0 aromatic carbocycles. The average Bonchev–Trinajstić information content (AvgIpc) is 2.79. The minimum atomic E-state index is 0.00558. The van der Waals surface area contributed by atoms with Crippen molar-refractivity contribution in [1.29, 1.82) is 0 Å². The number of anilines is 1. The van der Waals surface area contributed by atoms with Gasteiger partial charge in [-0.3, -0.25) is 19.7 Å². The summed E-state index contributed by atoms with van der Waals surface area (Å²) in [4.78, 5) is 22.5. The van der Waals surface area contributed by atoms with Crippen LogP contribution < -0.4 is 16.0 Å². The molecule has 0 radical (unpaired) electrons. The molecular weight excluding hydrogens is 254 g/mol. The van der Waals surface area contributed by atoms with Crippen LogP contribution in [-0.2, 0) is 11.2 Å². The number of rotatable bonds is 2. The number of hydrogen-bond donors (Lipinski definition) is 2. The van der Waals surface area contributed by atoms with Gasteiger partial charge >= 0.3 is 0 Å². The quantitative estimate of drug-likeness (QED) is 0.805. The van der Waals surface area contributed by atoms with E-state index in [1.54, 1.807) is 17.3 Å². The highest BCUT2D eigenvalue weighted by molar-refractivity contribution is 6.15. The minimum Gasteiger partial charge on any atom is -0.403 e. The second-order valence-corrected chi connectivity index (χ2v) is 5.03. The van der Waals surface area contributed by atoms with Gasteiger partial charge in [-0.2, -0.15) is 0 Å². The molecule has 0 saturated heterocycles. The van der Waals surface area contributed by atoms with Gasteiger partial charge in [0.2, 0.25) is 5.91 Å².